The van der Waals surface area contributed by atoms with E-state index in [1.165, 1.54) is 25.1 Å². The van der Waals surface area contributed by atoms with Gasteiger partial charge in [-0.05, 0) is 31.5 Å². The molecule has 0 aliphatic heterocycles. The Kier molecular flexibility index (Phi) is 5.33. The SMILES string of the molecule is Cc1cc(NC(=O)C(C)S(=O)(=O)Cc2ccc(Cl)cc2Cl)no1. The second kappa shape index (κ2) is 6.90. The van der Waals surface area contributed by atoms with E-state index in [9.17, 15) is 13.2 Å². The minimum Gasteiger partial charge on any atom is -0.360 e. The van der Waals surface area contributed by atoms with Gasteiger partial charge in [0, 0.05) is 16.1 Å². The number of nitrogens with zero attached hydrogens (tertiary/aromatic N) is 1. The van der Waals surface area contributed by atoms with E-state index in [-0.39, 0.29) is 16.6 Å². The van der Waals surface area contributed by atoms with Crippen LogP contribution in [-0.2, 0) is 20.4 Å². The molecule has 9 heteroatoms. The molecule has 1 unspecified atom stereocenters. The van der Waals surface area contributed by atoms with Crippen LogP contribution in [0.3, 0.4) is 0 Å². The molecule has 0 radical (unpaired) electrons. The molecule has 0 bridgehead atoms. The van der Waals surface area contributed by atoms with Crippen LogP contribution in [-0.4, -0.2) is 24.7 Å². The molecule has 1 amide bonds. The molecule has 0 fully saturated rings. The van der Waals surface area contributed by atoms with E-state index in [4.69, 9.17) is 27.7 Å². The van der Waals surface area contributed by atoms with Crippen LogP contribution >= 0.6 is 23.2 Å². The summed E-state index contributed by atoms with van der Waals surface area (Å²) in [4.78, 5) is 12.1. The van der Waals surface area contributed by atoms with E-state index >= 15 is 0 Å². The number of carbonyl (C=O) groups excluding carboxylic acids is 1. The minimum absolute atomic E-state index is 0.166. The summed E-state index contributed by atoms with van der Waals surface area (Å²) in [7, 11) is -3.76. The fourth-order valence-corrected chi connectivity index (χ4v) is 3.67. The maximum Gasteiger partial charge on any atom is 0.243 e. The fraction of sp³-hybridized carbons (Fsp3) is 0.286. The van der Waals surface area contributed by atoms with Gasteiger partial charge in [-0.2, -0.15) is 0 Å². The van der Waals surface area contributed by atoms with Crippen molar-refractivity contribution in [2.75, 3.05) is 5.32 Å². The number of hydrogen-bond donors (Lipinski definition) is 1. The Morgan fingerprint density at radius 1 is 1.35 bits per heavy atom. The lowest BCUT2D eigenvalue weighted by molar-refractivity contribution is -0.115. The molecule has 0 saturated heterocycles. The number of aromatic nitrogens is 1. The molecule has 1 aromatic heterocycles. The summed E-state index contributed by atoms with van der Waals surface area (Å²) < 4.78 is 29.6. The molecule has 1 atom stereocenters. The predicted octanol–water partition coefficient (Wildman–Crippen LogP) is 3.23. The van der Waals surface area contributed by atoms with Crippen molar-refractivity contribution in [1.29, 1.82) is 0 Å². The van der Waals surface area contributed by atoms with Crippen molar-refractivity contribution in [1.82, 2.24) is 5.16 Å². The molecule has 2 aromatic rings. The zero-order valence-electron chi connectivity index (χ0n) is 12.3. The van der Waals surface area contributed by atoms with Gasteiger partial charge in [-0.1, -0.05) is 34.4 Å². The zero-order valence-corrected chi connectivity index (χ0v) is 14.7. The predicted molar refractivity (Wildman–Crippen MR) is 88.4 cm³/mol. The Labute approximate surface area is 143 Å². The van der Waals surface area contributed by atoms with Crippen molar-refractivity contribution in [2.24, 2.45) is 0 Å². The smallest absolute Gasteiger partial charge is 0.243 e. The molecule has 0 saturated carbocycles. The topological polar surface area (TPSA) is 89.3 Å². The van der Waals surface area contributed by atoms with Crippen LogP contribution in [0.15, 0.2) is 28.8 Å². The lowest BCUT2D eigenvalue weighted by Crippen LogP contribution is -2.33. The van der Waals surface area contributed by atoms with Gasteiger partial charge in [-0.3, -0.25) is 4.79 Å². The first kappa shape index (κ1) is 17.8. The van der Waals surface area contributed by atoms with E-state index < -0.39 is 21.0 Å². The van der Waals surface area contributed by atoms with Gasteiger partial charge in [0.25, 0.3) is 0 Å². The normalized spacial score (nSPS) is 12.9. The molecule has 0 aliphatic carbocycles. The Morgan fingerprint density at radius 3 is 2.61 bits per heavy atom. The van der Waals surface area contributed by atoms with Crippen molar-refractivity contribution < 1.29 is 17.7 Å². The van der Waals surface area contributed by atoms with Crippen molar-refractivity contribution >= 4 is 44.8 Å². The quantitative estimate of drug-likeness (QED) is 0.864. The highest BCUT2D eigenvalue weighted by Gasteiger charge is 2.29. The van der Waals surface area contributed by atoms with Crippen molar-refractivity contribution in [3.05, 3.63) is 45.6 Å². The average molecular weight is 377 g/mol. The summed E-state index contributed by atoms with van der Waals surface area (Å²) in [5.74, 6) is -0.388. The van der Waals surface area contributed by atoms with E-state index in [0.717, 1.165) is 0 Å². The Hall–Kier alpha value is -1.57. The second-order valence-electron chi connectivity index (χ2n) is 5.00. The summed E-state index contributed by atoms with van der Waals surface area (Å²) in [5.41, 5.74) is 0.382. The van der Waals surface area contributed by atoms with Gasteiger partial charge in [-0.25, -0.2) is 8.42 Å². The number of anilines is 1. The highest BCUT2D eigenvalue weighted by Crippen LogP contribution is 2.24. The van der Waals surface area contributed by atoms with Crippen LogP contribution < -0.4 is 5.32 Å². The average Bonchev–Trinajstić information content (AvgIpc) is 2.86. The third kappa shape index (κ3) is 4.46. The van der Waals surface area contributed by atoms with Gasteiger partial charge in [0.15, 0.2) is 15.7 Å². The molecule has 124 valence electrons. The van der Waals surface area contributed by atoms with Gasteiger partial charge in [-0.15, -0.1) is 0 Å². The Balaban J connectivity index is 2.13. The van der Waals surface area contributed by atoms with E-state index in [0.29, 0.717) is 16.3 Å². The monoisotopic (exact) mass is 376 g/mol. The molecule has 1 N–H and O–H groups in total. The maximum atomic E-state index is 12.4. The molecule has 6 nitrogen and oxygen atoms in total. The fourth-order valence-electron chi connectivity index (χ4n) is 1.80. The molecule has 2 rings (SSSR count). The highest BCUT2D eigenvalue weighted by atomic mass is 35.5. The number of hydrogen-bond acceptors (Lipinski definition) is 5. The molecular weight excluding hydrogens is 363 g/mol. The molecule has 1 aromatic carbocycles. The van der Waals surface area contributed by atoms with Crippen molar-refractivity contribution in [2.45, 2.75) is 24.9 Å². The molecule has 23 heavy (non-hydrogen) atoms. The summed E-state index contributed by atoms with van der Waals surface area (Å²) in [6.45, 7) is 2.97. The Bertz CT molecular complexity index is 833. The molecular formula is C14H14Cl2N2O4S. The van der Waals surface area contributed by atoms with E-state index in [1.807, 2.05) is 0 Å². The van der Waals surface area contributed by atoms with Gasteiger partial charge in [0.1, 0.15) is 11.0 Å². The number of sulfone groups is 1. The molecule has 0 aliphatic rings. The molecule has 1 heterocycles. The summed E-state index contributed by atoms with van der Waals surface area (Å²) in [6, 6.07) is 6.01. The van der Waals surface area contributed by atoms with Gasteiger partial charge in [0.2, 0.25) is 5.91 Å². The number of rotatable bonds is 5. The van der Waals surface area contributed by atoms with E-state index in [2.05, 4.69) is 10.5 Å². The number of benzene rings is 1. The zero-order chi connectivity index (χ0) is 17.2. The number of nitrogens with one attached hydrogen (secondary N) is 1. The van der Waals surface area contributed by atoms with Crippen LogP contribution in [0.1, 0.15) is 18.2 Å². The van der Waals surface area contributed by atoms with Crippen LogP contribution in [0.2, 0.25) is 10.0 Å². The first-order valence-electron chi connectivity index (χ1n) is 6.59. The van der Waals surface area contributed by atoms with Crippen LogP contribution in [0.25, 0.3) is 0 Å². The van der Waals surface area contributed by atoms with Crippen LogP contribution in [0.5, 0.6) is 0 Å². The van der Waals surface area contributed by atoms with Gasteiger partial charge < -0.3 is 9.84 Å². The lowest BCUT2D eigenvalue weighted by atomic mass is 10.2. The summed E-state index contributed by atoms with van der Waals surface area (Å²) >= 11 is 11.8. The third-order valence-corrected chi connectivity index (χ3v) is 5.75. The van der Waals surface area contributed by atoms with Gasteiger partial charge >= 0.3 is 0 Å². The number of carbonyl (C=O) groups is 1. The summed E-state index contributed by atoms with van der Waals surface area (Å²) in [6.07, 6.45) is 0. The number of aryl methyl sites for hydroxylation is 1. The third-order valence-electron chi connectivity index (χ3n) is 3.16. The Morgan fingerprint density at radius 2 is 2.04 bits per heavy atom. The standard InChI is InChI=1S/C14H14Cl2N2O4S/c1-8-5-13(18-22-8)17-14(19)9(2)23(20,21)7-10-3-4-11(15)6-12(10)16/h3-6,9H,7H2,1-2H3,(H,17,18,19). The first-order chi connectivity index (χ1) is 10.7. The second-order valence-corrected chi connectivity index (χ2v) is 8.16. The highest BCUT2D eigenvalue weighted by molar-refractivity contribution is 7.92. The first-order valence-corrected chi connectivity index (χ1v) is 9.06. The van der Waals surface area contributed by atoms with Crippen LogP contribution in [0.4, 0.5) is 5.82 Å². The van der Waals surface area contributed by atoms with Crippen LogP contribution in [0, 0.1) is 6.92 Å². The molecule has 0 spiro atoms. The minimum atomic E-state index is -3.76. The number of amides is 1. The lowest BCUT2D eigenvalue weighted by Gasteiger charge is -2.13. The number of halogens is 2. The maximum absolute atomic E-state index is 12.4. The van der Waals surface area contributed by atoms with Gasteiger partial charge in [0.05, 0.1) is 5.75 Å². The summed E-state index contributed by atoms with van der Waals surface area (Å²) in [5, 5.41) is 5.36. The largest absolute Gasteiger partial charge is 0.360 e. The van der Waals surface area contributed by atoms with Crippen molar-refractivity contribution in [3.63, 3.8) is 0 Å². The van der Waals surface area contributed by atoms with Crippen molar-refractivity contribution in [3.8, 4) is 0 Å². The van der Waals surface area contributed by atoms with E-state index in [1.54, 1.807) is 13.0 Å².